The van der Waals surface area contributed by atoms with Crippen LogP contribution in [0.1, 0.15) is 59.3 Å². The third kappa shape index (κ3) is 3.93. The summed E-state index contributed by atoms with van der Waals surface area (Å²) in [6.07, 6.45) is 5.67. The van der Waals surface area contributed by atoms with Crippen LogP contribution in [-0.2, 0) is 4.79 Å². The van der Waals surface area contributed by atoms with Crippen molar-refractivity contribution in [3.8, 4) is 0 Å². The van der Waals surface area contributed by atoms with Gasteiger partial charge in [0.05, 0.1) is 0 Å². The first-order chi connectivity index (χ1) is 8.96. The number of carbonyl (C=O) groups is 1. The van der Waals surface area contributed by atoms with Gasteiger partial charge in [0, 0.05) is 12.1 Å². The highest BCUT2D eigenvalue weighted by Gasteiger charge is 2.43. The van der Waals surface area contributed by atoms with Crippen molar-refractivity contribution >= 4 is 5.97 Å². The number of carboxylic acid groups (broad SMARTS) is 1. The first-order valence-corrected chi connectivity index (χ1v) is 7.67. The Morgan fingerprint density at radius 1 is 1.53 bits per heavy atom. The van der Waals surface area contributed by atoms with E-state index in [0.29, 0.717) is 12.1 Å². The zero-order chi connectivity index (χ0) is 14.5. The highest BCUT2D eigenvalue weighted by molar-refractivity contribution is 5.79. The molecule has 2 N–H and O–H groups in total. The number of hydrogen-bond donors (Lipinski definition) is 2. The molecule has 1 aliphatic carbocycles. The van der Waals surface area contributed by atoms with Gasteiger partial charge in [-0.1, -0.05) is 13.8 Å². The third-order valence-corrected chi connectivity index (χ3v) is 4.71. The fraction of sp³-hybridized carbons (Fsp3) is 0.933. The molecule has 1 fully saturated rings. The monoisotopic (exact) mass is 270 g/mol. The molecule has 0 saturated heterocycles. The van der Waals surface area contributed by atoms with E-state index in [4.69, 9.17) is 0 Å². The van der Waals surface area contributed by atoms with Gasteiger partial charge < -0.3 is 15.3 Å². The highest BCUT2D eigenvalue weighted by atomic mass is 16.4. The molecule has 1 saturated carbocycles. The maximum atomic E-state index is 11.7. The molecule has 0 spiro atoms. The Labute approximate surface area is 117 Å². The zero-order valence-corrected chi connectivity index (χ0v) is 12.9. The van der Waals surface area contributed by atoms with Crippen molar-refractivity contribution in [2.75, 3.05) is 13.6 Å². The number of rotatable bonds is 7. The van der Waals surface area contributed by atoms with E-state index in [1.54, 1.807) is 0 Å². The van der Waals surface area contributed by atoms with Gasteiger partial charge in [-0.25, -0.2) is 0 Å². The SMILES string of the molecule is CCCNC1(C(=O)O)CCCC(N(C)C(C)CC)C1. The standard InChI is InChI=1S/C15H30N2O2/c1-5-10-16-15(14(18)19)9-7-8-13(11-15)17(4)12(3)6-2/h12-13,16H,5-11H2,1-4H3,(H,18,19). The van der Waals surface area contributed by atoms with Crippen molar-refractivity contribution in [1.29, 1.82) is 0 Å². The van der Waals surface area contributed by atoms with Gasteiger partial charge in [-0.2, -0.15) is 0 Å². The zero-order valence-electron chi connectivity index (χ0n) is 12.9. The van der Waals surface area contributed by atoms with Crippen LogP contribution in [0.5, 0.6) is 0 Å². The summed E-state index contributed by atoms with van der Waals surface area (Å²) >= 11 is 0. The summed E-state index contributed by atoms with van der Waals surface area (Å²) in [6.45, 7) is 7.26. The van der Waals surface area contributed by atoms with Gasteiger partial charge in [0.2, 0.25) is 0 Å². The second kappa shape index (κ2) is 7.25. The topological polar surface area (TPSA) is 52.6 Å². The lowest BCUT2D eigenvalue weighted by atomic mass is 9.78. The number of nitrogens with zero attached hydrogens (tertiary/aromatic N) is 1. The summed E-state index contributed by atoms with van der Waals surface area (Å²) in [4.78, 5) is 14.1. The molecule has 3 atom stereocenters. The number of hydrogen-bond acceptors (Lipinski definition) is 3. The molecule has 0 aromatic carbocycles. The van der Waals surface area contributed by atoms with E-state index in [1.165, 1.54) is 0 Å². The fourth-order valence-electron chi connectivity index (χ4n) is 3.04. The van der Waals surface area contributed by atoms with Gasteiger partial charge in [-0.05, 0) is 59.0 Å². The predicted octanol–water partition coefficient (Wildman–Crippen LogP) is 2.48. The van der Waals surface area contributed by atoms with E-state index < -0.39 is 11.5 Å². The molecule has 1 aliphatic rings. The first kappa shape index (κ1) is 16.4. The summed E-state index contributed by atoms with van der Waals surface area (Å²) in [5, 5.41) is 12.9. The predicted molar refractivity (Wildman–Crippen MR) is 78.4 cm³/mol. The van der Waals surface area contributed by atoms with Crippen LogP contribution in [0.15, 0.2) is 0 Å². The maximum Gasteiger partial charge on any atom is 0.323 e. The Morgan fingerprint density at radius 3 is 2.74 bits per heavy atom. The lowest BCUT2D eigenvalue weighted by Gasteiger charge is -2.43. The molecule has 0 aromatic rings. The van der Waals surface area contributed by atoms with Gasteiger partial charge in [-0.3, -0.25) is 4.79 Å². The Bertz CT molecular complexity index is 296. The summed E-state index contributed by atoms with van der Waals surface area (Å²) < 4.78 is 0. The van der Waals surface area contributed by atoms with Crippen LogP contribution in [0.2, 0.25) is 0 Å². The molecule has 1 rings (SSSR count). The molecule has 0 bridgehead atoms. The average Bonchev–Trinajstić information content (AvgIpc) is 2.43. The van der Waals surface area contributed by atoms with Crippen LogP contribution in [0.3, 0.4) is 0 Å². The lowest BCUT2D eigenvalue weighted by Crippen LogP contribution is -2.58. The minimum atomic E-state index is -0.708. The average molecular weight is 270 g/mol. The van der Waals surface area contributed by atoms with Crippen molar-refractivity contribution in [1.82, 2.24) is 10.2 Å². The number of nitrogens with one attached hydrogen (secondary N) is 1. The fourth-order valence-corrected chi connectivity index (χ4v) is 3.04. The first-order valence-electron chi connectivity index (χ1n) is 7.67. The van der Waals surface area contributed by atoms with Crippen LogP contribution in [0, 0.1) is 0 Å². The van der Waals surface area contributed by atoms with E-state index in [-0.39, 0.29) is 0 Å². The molecular formula is C15H30N2O2. The largest absolute Gasteiger partial charge is 0.480 e. The summed E-state index contributed by atoms with van der Waals surface area (Å²) in [6, 6.07) is 0.893. The smallest absolute Gasteiger partial charge is 0.323 e. The van der Waals surface area contributed by atoms with Crippen molar-refractivity contribution in [2.24, 2.45) is 0 Å². The molecule has 0 radical (unpaired) electrons. The Balaban J connectivity index is 2.76. The van der Waals surface area contributed by atoms with Gasteiger partial charge in [-0.15, -0.1) is 0 Å². The molecule has 0 aliphatic heterocycles. The Morgan fingerprint density at radius 2 is 2.21 bits per heavy atom. The second-order valence-electron chi connectivity index (χ2n) is 5.99. The molecule has 3 unspecified atom stereocenters. The van der Waals surface area contributed by atoms with Crippen molar-refractivity contribution < 1.29 is 9.90 Å². The second-order valence-corrected chi connectivity index (χ2v) is 5.99. The van der Waals surface area contributed by atoms with E-state index in [0.717, 1.165) is 45.1 Å². The van der Waals surface area contributed by atoms with E-state index in [1.807, 2.05) is 0 Å². The highest BCUT2D eigenvalue weighted by Crippen LogP contribution is 2.32. The molecule has 0 amide bonds. The lowest BCUT2D eigenvalue weighted by molar-refractivity contribution is -0.147. The Hall–Kier alpha value is -0.610. The maximum absolute atomic E-state index is 11.7. The van der Waals surface area contributed by atoms with E-state index in [9.17, 15) is 9.90 Å². The minimum absolute atomic E-state index is 0.379. The van der Waals surface area contributed by atoms with E-state index >= 15 is 0 Å². The van der Waals surface area contributed by atoms with Crippen molar-refractivity contribution in [3.05, 3.63) is 0 Å². The summed E-state index contributed by atoms with van der Waals surface area (Å²) in [5.41, 5.74) is -0.708. The van der Waals surface area contributed by atoms with Crippen molar-refractivity contribution in [3.63, 3.8) is 0 Å². The molecule has 0 aromatic heterocycles. The minimum Gasteiger partial charge on any atom is -0.480 e. The van der Waals surface area contributed by atoms with Crippen LogP contribution >= 0.6 is 0 Å². The molecule has 4 nitrogen and oxygen atoms in total. The van der Waals surface area contributed by atoms with Gasteiger partial charge >= 0.3 is 5.97 Å². The van der Waals surface area contributed by atoms with E-state index in [2.05, 4.69) is 38.0 Å². The Kier molecular flexibility index (Phi) is 6.27. The van der Waals surface area contributed by atoms with Crippen LogP contribution in [-0.4, -0.2) is 47.2 Å². The van der Waals surface area contributed by atoms with Crippen LogP contribution in [0.4, 0.5) is 0 Å². The summed E-state index contributed by atoms with van der Waals surface area (Å²) in [5.74, 6) is -0.678. The number of aliphatic carboxylic acids is 1. The van der Waals surface area contributed by atoms with Gasteiger partial charge in [0.25, 0.3) is 0 Å². The molecule has 112 valence electrons. The van der Waals surface area contributed by atoms with Crippen LogP contribution < -0.4 is 5.32 Å². The van der Waals surface area contributed by atoms with Gasteiger partial charge in [0.1, 0.15) is 5.54 Å². The normalized spacial score (nSPS) is 29.4. The van der Waals surface area contributed by atoms with Crippen molar-refractivity contribution in [2.45, 2.75) is 76.9 Å². The molecule has 0 heterocycles. The van der Waals surface area contributed by atoms with Gasteiger partial charge in [0.15, 0.2) is 0 Å². The molecule has 4 heteroatoms. The third-order valence-electron chi connectivity index (χ3n) is 4.71. The van der Waals surface area contributed by atoms with Crippen LogP contribution in [0.25, 0.3) is 0 Å². The number of carboxylic acids is 1. The summed E-state index contributed by atoms with van der Waals surface area (Å²) in [7, 11) is 2.14. The molecule has 19 heavy (non-hydrogen) atoms. The molecular weight excluding hydrogens is 240 g/mol. The quantitative estimate of drug-likeness (QED) is 0.746.